The predicted molar refractivity (Wildman–Crippen MR) is 54.9 cm³/mol. The number of fused-ring (bicyclic) bond motifs is 1. The van der Waals surface area contributed by atoms with Crippen molar-refractivity contribution in [3.8, 4) is 0 Å². The molecule has 2 heteroatoms. The molecule has 0 radical (unpaired) electrons. The van der Waals surface area contributed by atoms with Gasteiger partial charge in [-0.3, -0.25) is 4.79 Å². The first-order valence-electron chi connectivity index (χ1n) is 5.33. The van der Waals surface area contributed by atoms with Crippen LogP contribution in [0.2, 0.25) is 0 Å². The van der Waals surface area contributed by atoms with Crippen molar-refractivity contribution in [3.05, 3.63) is 11.6 Å². The number of hydrogen-bond acceptors (Lipinski definition) is 1. The van der Waals surface area contributed by atoms with E-state index in [2.05, 4.69) is 26.8 Å². The summed E-state index contributed by atoms with van der Waals surface area (Å²) in [6.07, 6.45) is 3.70. The second kappa shape index (κ2) is 2.85. The Labute approximate surface area is 85.0 Å². The Bertz CT molecular complexity index is 301. The standard InChI is InChI=1S/C12H18O2/c1-7-4-8(5-11(13)14)10-6-9(7)12(10,2)3/h4,8-10H,5-6H2,1-3H3,(H,13,14). The quantitative estimate of drug-likeness (QED) is 0.686. The van der Waals surface area contributed by atoms with Gasteiger partial charge in [-0.05, 0) is 36.5 Å². The molecule has 0 saturated heterocycles. The molecule has 1 fully saturated rings. The summed E-state index contributed by atoms with van der Waals surface area (Å²) in [4.78, 5) is 10.7. The van der Waals surface area contributed by atoms with Crippen LogP contribution in [0.4, 0.5) is 0 Å². The van der Waals surface area contributed by atoms with Crippen LogP contribution in [0, 0.1) is 23.2 Å². The van der Waals surface area contributed by atoms with Gasteiger partial charge in [0.25, 0.3) is 0 Å². The highest BCUT2D eigenvalue weighted by molar-refractivity contribution is 5.67. The molecule has 3 atom stereocenters. The number of hydrogen-bond donors (Lipinski definition) is 1. The molecule has 0 aromatic heterocycles. The van der Waals surface area contributed by atoms with Gasteiger partial charge >= 0.3 is 5.97 Å². The second-order valence-corrected chi connectivity index (χ2v) is 5.39. The van der Waals surface area contributed by atoms with Crippen LogP contribution in [0.3, 0.4) is 0 Å². The topological polar surface area (TPSA) is 37.3 Å². The number of carbonyl (C=O) groups is 1. The van der Waals surface area contributed by atoms with E-state index in [-0.39, 0.29) is 5.92 Å². The molecule has 3 aliphatic carbocycles. The minimum atomic E-state index is -0.666. The molecule has 0 aliphatic heterocycles. The fourth-order valence-electron chi connectivity index (χ4n) is 3.43. The SMILES string of the molecule is CC1=CC(CC(=O)O)C2CC1C2(C)C. The third kappa shape index (κ3) is 1.20. The van der Waals surface area contributed by atoms with Crippen molar-refractivity contribution in [1.29, 1.82) is 0 Å². The van der Waals surface area contributed by atoms with Crippen LogP contribution in [-0.4, -0.2) is 11.1 Å². The summed E-state index contributed by atoms with van der Waals surface area (Å²) in [5.41, 5.74) is 1.74. The zero-order valence-electron chi connectivity index (χ0n) is 9.08. The summed E-state index contributed by atoms with van der Waals surface area (Å²) < 4.78 is 0. The molecule has 1 saturated carbocycles. The zero-order valence-corrected chi connectivity index (χ0v) is 9.08. The van der Waals surface area contributed by atoms with E-state index in [4.69, 9.17) is 5.11 Å². The number of aliphatic carboxylic acids is 1. The number of rotatable bonds is 2. The van der Waals surface area contributed by atoms with Crippen molar-refractivity contribution in [2.75, 3.05) is 0 Å². The number of allylic oxidation sites excluding steroid dienone is 2. The van der Waals surface area contributed by atoms with E-state index in [0.717, 1.165) is 0 Å². The highest BCUT2D eigenvalue weighted by Crippen LogP contribution is 2.61. The maximum atomic E-state index is 10.7. The Morgan fingerprint density at radius 1 is 1.64 bits per heavy atom. The summed E-state index contributed by atoms with van der Waals surface area (Å²) in [5.74, 6) is 0.901. The molecule has 0 aromatic rings. The van der Waals surface area contributed by atoms with E-state index in [9.17, 15) is 4.79 Å². The average Bonchev–Trinajstić information content (AvgIpc) is 2.00. The zero-order chi connectivity index (χ0) is 10.5. The minimum absolute atomic E-state index is 0.271. The summed E-state index contributed by atoms with van der Waals surface area (Å²) in [6, 6.07) is 0. The highest BCUT2D eigenvalue weighted by atomic mass is 16.4. The molecule has 3 unspecified atom stereocenters. The minimum Gasteiger partial charge on any atom is -0.481 e. The Morgan fingerprint density at radius 3 is 2.71 bits per heavy atom. The number of carboxylic acid groups (broad SMARTS) is 1. The third-order valence-corrected chi connectivity index (χ3v) is 4.30. The molecule has 2 nitrogen and oxygen atoms in total. The summed E-state index contributed by atoms with van der Waals surface area (Å²) in [6.45, 7) is 6.70. The van der Waals surface area contributed by atoms with Gasteiger partial charge in [-0.2, -0.15) is 0 Å². The normalized spacial score (nSPS) is 38.5. The van der Waals surface area contributed by atoms with Crippen LogP contribution in [0.1, 0.15) is 33.6 Å². The molecular weight excluding hydrogens is 176 g/mol. The fourth-order valence-corrected chi connectivity index (χ4v) is 3.43. The Kier molecular flexibility index (Phi) is 1.98. The maximum absolute atomic E-state index is 10.7. The van der Waals surface area contributed by atoms with Crippen molar-refractivity contribution < 1.29 is 9.90 Å². The van der Waals surface area contributed by atoms with Gasteiger partial charge in [0.05, 0.1) is 6.42 Å². The van der Waals surface area contributed by atoms with Crippen molar-refractivity contribution >= 4 is 5.97 Å². The second-order valence-electron chi connectivity index (χ2n) is 5.39. The molecule has 0 aromatic carbocycles. The van der Waals surface area contributed by atoms with Gasteiger partial charge in [-0.25, -0.2) is 0 Å². The van der Waals surface area contributed by atoms with Crippen LogP contribution in [-0.2, 0) is 4.79 Å². The van der Waals surface area contributed by atoms with Crippen LogP contribution < -0.4 is 0 Å². The van der Waals surface area contributed by atoms with Gasteiger partial charge < -0.3 is 5.11 Å². The number of carboxylic acids is 1. The third-order valence-electron chi connectivity index (χ3n) is 4.30. The van der Waals surface area contributed by atoms with Crippen LogP contribution in [0.15, 0.2) is 11.6 Å². The molecule has 0 spiro atoms. The van der Waals surface area contributed by atoms with Crippen LogP contribution in [0.25, 0.3) is 0 Å². The summed E-state index contributed by atoms with van der Waals surface area (Å²) >= 11 is 0. The lowest BCUT2D eigenvalue weighted by molar-refractivity contribution is -0.140. The monoisotopic (exact) mass is 194 g/mol. The highest BCUT2D eigenvalue weighted by Gasteiger charge is 2.54. The first-order valence-corrected chi connectivity index (χ1v) is 5.33. The van der Waals surface area contributed by atoms with Gasteiger partial charge in [0.2, 0.25) is 0 Å². The van der Waals surface area contributed by atoms with Gasteiger partial charge in [0.15, 0.2) is 0 Å². The molecule has 1 N–H and O–H groups in total. The van der Waals surface area contributed by atoms with E-state index >= 15 is 0 Å². The van der Waals surface area contributed by atoms with Gasteiger partial charge in [0, 0.05) is 0 Å². The molecule has 0 heterocycles. The van der Waals surface area contributed by atoms with Gasteiger partial charge in [0.1, 0.15) is 0 Å². The van der Waals surface area contributed by atoms with Crippen LogP contribution in [0.5, 0.6) is 0 Å². The molecule has 2 bridgehead atoms. The average molecular weight is 194 g/mol. The van der Waals surface area contributed by atoms with Crippen LogP contribution >= 0.6 is 0 Å². The van der Waals surface area contributed by atoms with E-state index in [1.165, 1.54) is 12.0 Å². The first-order chi connectivity index (χ1) is 6.43. The maximum Gasteiger partial charge on any atom is 0.303 e. The van der Waals surface area contributed by atoms with E-state index in [1.807, 2.05) is 0 Å². The van der Waals surface area contributed by atoms with Gasteiger partial charge in [-0.15, -0.1) is 0 Å². The van der Waals surface area contributed by atoms with Crippen molar-refractivity contribution in [3.63, 3.8) is 0 Å². The Morgan fingerprint density at radius 2 is 2.29 bits per heavy atom. The van der Waals surface area contributed by atoms with Crippen molar-refractivity contribution in [2.45, 2.75) is 33.6 Å². The Hall–Kier alpha value is -0.790. The molecular formula is C12H18O2. The summed E-state index contributed by atoms with van der Waals surface area (Å²) in [5, 5.41) is 8.83. The van der Waals surface area contributed by atoms with E-state index in [0.29, 0.717) is 23.7 Å². The molecule has 3 rings (SSSR count). The molecule has 78 valence electrons. The van der Waals surface area contributed by atoms with Crippen molar-refractivity contribution in [1.82, 2.24) is 0 Å². The van der Waals surface area contributed by atoms with Crippen molar-refractivity contribution in [2.24, 2.45) is 23.2 Å². The lowest BCUT2D eigenvalue weighted by atomic mass is 9.46. The lowest BCUT2D eigenvalue weighted by Gasteiger charge is -2.59. The Balaban J connectivity index is 2.21. The molecule has 0 amide bonds. The molecule has 3 aliphatic rings. The lowest BCUT2D eigenvalue weighted by Crippen LogP contribution is -2.51. The van der Waals surface area contributed by atoms with E-state index < -0.39 is 5.97 Å². The van der Waals surface area contributed by atoms with Gasteiger partial charge in [-0.1, -0.05) is 25.5 Å². The predicted octanol–water partition coefficient (Wildman–Crippen LogP) is 2.70. The summed E-state index contributed by atoms with van der Waals surface area (Å²) in [7, 11) is 0. The van der Waals surface area contributed by atoms with E-state index in [1.54, 1.807) is 0 Å². The molecule has 14 heavy (non-hydrogen) atoms. The smallest absolute Gasteiger partial charge is 0.303 e. The fraction of sp³-hybridized carbons (Fsp3) is 0.750. The largest absolute Gasteiger partial charge is 0.481 e. The first kappa shape index (κ1) is 9.75.